The van der Waals surface area contributed by atoms with Crippen molar-refractivity contribution in [3.63, 3.8) is 0 Å². The summed E-state index contributed by atoms with van der Waals surface area (Å²) in [6.45, 7) is 2.51. The highest BCUT2D eigenvalue weighted by Crippen LogP contribution is 2.51. The van der Waals surface area contributed by atoms with Gasteiger partial charge >= 0.3 is 12.1 Å². The number of β-lactam (4-membered cyclic amide) rings is 1. The number of thiazole rings is 1. The third kappa shape index (κ3) is 5.16. The number of carbonyl (C=O) groups is 3. The van der Waals surface area contributed by atoms with Crippen molar-refractivity contribution in [2.24, 2.45) is 11.8 Å². The van der Waals surface area contributed by atoms with Gasteiger partial charge in [-0.15, -0.1) is 11.3 Å². The van der Waals surface area contributed by atoms with E-state index in [1.807, 2.05) is 6.92 Å². The second-order valence-corrected chi connectivity index (χ2v) is 9.90. The van der Waals surface area contributed by atoms with Crippen molar-refractivity contribution < 1.29 is 38.8 Å². The van der Waals surface area contributed by atoms with Crippen molar-refractivity contribution in [1.82, 2.24) is 9.88 Å². The Hall–Kier alpha value is -3.19. The van der Waals surface area contributed by atoms with E-state index in [1.165, 1.54) is 28.0 Å². The van der Waals surface area contributed by atoms with Crippen molar-refractivity contribution in [2.75, 3.05) is 6.79 Å². The number of nitrogens with zero attached hydrogens (tertiary/aromatic N) is 2. The number of thioether (sulfide) groups is 1. The molecule has 4 atom stereocenters. The van der Waals surface area contributed by atoms with Gasteiger partial charge in [0, 0.05) is 10.8 Å². The zero-order chi connectivity index (χ0) is 25.8. The number of amides is 1. The van der Waals surface area contributed by atoms with Gasteiger partial charge in [0.05, 0.1) is 40.8 Å². The number of ether oxygens (including phenoxy) is 3. The molecule has 0 radical (unpaired) electrons. The Labute approximate surface area is 215 Å². The van der Waals surface area contributed by atoms with E-state index in [-0.39, 0.29) is 29.9 Å². The maximum absolute atomic E-state index is 13.0. The molecule has 2 aliphatic rings. The van der Waals surface area contributed by atoms with E-state index in [1.54, 1.807) is 54.3 Å². The Morgan fingerprint density at radius 2 is 2.03 bits per heavy atom. The summed E-state index contributed by atoms with van der Waals surface area (Å²) in [5, 5.41) is 21.2. The zero-order valence-corrected chi connectivity index (χ0v) is 21.0. The van der Waals surface area contributed by atoms with Crippen molar-refractivity contribution in [3.8, 4) is 5.75 Å². The number of aliphatic hydroxyl groups is 2. The van der Waals surface area contributed by atoms with Crippen LogP contribution >= 0.6 is 23.1 Å². The van der Waals surface area contributed by atoms with Crippen molar-refractivity contribution in [2.45, 2.75) is 32.6 Å². The highest BCUT2D eigenvalue weighted by Gasteiger charge is 2.60. The Kier molecular flexibility index (Phi) is 8.09. The monoisotopic (exact) mass is 532 g/mol. The molecule has 4 rings (SSSR count). The summed E-state index contributed by atoms with van der Waals surface area (Å²) in [6, 6.07) is 7.88. The van der Waals surface area contributed by atoms with Gasteiger partial charge in [-0.2, -0.15) is 0 Å². The average Bonchev–Trinajstić information content (AvgIpc) is 3.40. The minimum absolute atomic E-state index is 0.0516. The Balaban J connectivity index is 1.46. The zero-order valence-electron chi connectivity index (χ0n) is 19.4. The molecule has 0 spiro atoms. The molecule has 0 saturated carbocycles. The molecule has 0 aliphatic carbocycles. The minimum atomic E-state index is -1.04. The molecular formula is C24H24N2O8S2. The Morgan fingerprint density at radius 3 is 2.72 bits per heavy atom. The number of rotatable bonds is 9. The summed E-state index contributed by atoms with van der Waals surface area (Å²) in [5.41, 5.74) is 2.21. The summed E-state index contributed by atoms with van der Waals surface area (Å²) < 4.78 is 15.0. The van der Waals surface area contributed by atoms with Crippen molar-refractivity contribution in [1.29, 1.82) is 0 Å². The molecule has 36 heavy (non-hydrogen) atoms. The van der Waals surface area contributed by atoms with Gasteiger partial charge in [0.25, 0.3) is 0 Å². The number of aliphatic hydroxyl groups excluding tert-OH is 2. The molecule has 1 aromatic heterocycles. The number of fused-ring (bicyclic) bond motifs is 1. The van der Waals surface area contributed by atoms with Gasteiger partial charge in [0.2, 0.25) is 12.7 Å². The van der Waals surface area contributed by atoms with Gasteiger partial charge in [-0.05, 0) is 30.5 Å². The van der Waals surface area contributed by atoms with Gasteiger partial charge < -0.3 is 29.3 Å². The largest absolute Gasteiger partial charge is 0.516 e. The lowest BCUT2D eigenvalue weighted by Crippen LogP contribution is -2.63. The molecule has 1 fully saturated rings. The third-order valence-electron chi connectivity index (χ3n) is 5.85. The first-order valence-corrected chi connectivity index (χ1v) is 12.8. The van der Waals surface area contributed by atoms with Crippen LogP contribution in [0, 0.1) is 11.8 Å². The molecule has 1 saturated heterocycles. The summed E-state index contributed by atoms with van der Waals surface area (Å²) >= 11 is 2.60. The fourth-order valence-corrected chi connectivity index (χ4v) is 5.96. The predicted octanol–water partition coefficient (Wildman–Crippen LogP) is 3.12. The number of aromatic nitrogens is 1. The smallest absolute Gasteiger partial charge is 0.423 e. The van der Waals surface area contributed by atoms with E-state index < -0.39 is 37.0 Å². The first-order chi connectivity index (χ1) is 17.3. The quantitative estimate of drug-likeness (QED) is 0.215. The summed E-state index contributed by atoms with van der Waals surface area (Å²) in [7, 11) is 0. The van der Waals surface area contributed by atoms with Crippen LogP contribution in [-0.4, -0.2) is 57.1 Å². The second kappa shape index (κ2) is 11.2. The van der Waals surface area contributed by atoms with Crippen LogP contribution in [0.25, 0.3) is 6.08 Å². The lowest BCUT2D eigenvalue weighted by Gasteiger charge is -2.46. The number of esters is 1. The number of para-hydroxylation sites is 1. The number of hydrogen-bond donors (Lipinski definition) is 2. The standard InChI is InChI=1S/C24H24N2O8S2/c1-13-19-18(14(2)28)22(29)26(19)20(21(13)35-9-8-17-16(10-27)25-11-36-17)23(30)32-12-33-24(31)34-15-6-4-3-5-7-15/h3-9,11,13-14,18-19,27-28H,10,12H2,1-2H3/t13-,14-,18-,19-/m1/s1. The first kappa shape index (κ1) is 25.9. The Bertz CT molecular complexity index is 1190. The van der Waals surface area contributed by atoms with Crippen molar-refractivity contribution >= 4 is 47.2 Å². The van der Waals surface area contributed by atoms with Crippen LogP contribution in [0.4, 0.5) is 4.79 Å². The maximum Gasteiger partial charge on any atom is 0.516 e. The highest BCUT2D eigenvalue weighted by molar-refractivity contribution is 8.06. The fourth-order valence-electron chi connectivity index (χ4n) is 4.18. The van der Waals surface area contributed by atoms with E-state index >= 15 is 0 Å². The predicted molar refractivity (Wildman–Crippen MR) is 131 cm³/mol. The average molecular weight is 533 g/mol. The molecule has 1 amide bonds. The molecule has 1 aromatic carbocycles. The van der Waals surface area contributed by atoms with Gasteiger partial charge in [0.1, 0.15) is 11.4 Å². The van der Waals surface area contributed by atoms with Gasteiger partial charge in [-0.3, -0.25) is 4.79 Å². The molecule has 0 unspecified atom stereocenters. The molecule has 2 aromatic rings. The highest BCUT2D eigenvalue weighted by atomic mass is 32.2. The van der Waals surface area contributed by atoms with E-state index in [2.05, 4.69) is 4.98 Å². The van der Waals surface area contributed by atoms with Crippen LogP contribution in [0.3, 0.4) is 0 Å². The van der Waals surface area contributed by atoms with E-state index in [9.17, 15) is 24.6 Å². The van der Waals surface area contributed by atoms with Crippen LogP contribution < -0.4 is 4.74 Å². The van der Waals surface area contributed by atoms with E-state index in [0.717, 1.165) is 4.88 Å². The lowest BCUT2D eigenvalue weighted by atomic mass is 9.79. The molecule has 0 bridgehead atoms. The molecular weight excluding hydrogens is 508 g/mol. The van der Waals surface area contributed by atoms with Crippen LogP contribution in [-0.2, 0) is 25.7 Å². The fraction of sp³-hybridized carbons (Fsp3) is 0.333. The molecule has 3 heterocycles. The maximum atomic E-state index is 13.0. The third-order valence-corrected chi connectivity index (χ3v) is 7.78. The molecule has 12 heteroatoms. The Morgan fingerprint density at radius 1 is 1.28 bits per heavy atom. The van der Waals surface area contributed by atoms with Crippen molar-refractivity contribution in [3.05, 3.63) is 62.4 Å². The molecule has 2 aliphatic heterocycles. The minimum Gasteiger partial charge on any atom is -0.423 e. The van der Waals surface area contributed by atoms with Gasteiger partial charge in [0.15, 0.2) is 0 Å². The van der Waals surface area contributed by atoms with Crippen LogP contribution in [0.2, 0.25) is 0 Å². The van der Waals surface area contributed by atoms with Crippen LogP contribution in [0.5, 0.6) is 5.75 Å². The topological polar surface area (TPSA) is 135 Å². The first-order valence-electron chi connectivity index (χ1n) is 11.0. The van der Waals surface area contributed by atoms with Crippen LogP contribution in [0.1, 0.15) is 24.4 Å². The van der Waals surface area contributed by atoms with Gasteiger partial charge in [-0.25, -0.2) is 14.6 Å². The number of benzene rings is 1. The SMILES string of the molecule is C[C@@H](O)[C@H]1C(=O)N2C(C(=O)OCOC(=O)Oc3ccccc3)=C(SC=Cc3scnc3CO)[C@H](C)[C@H]12. The van der Waals surface area contributed by atoms with E-state index in [4.69, 9.17) is 14.2 Å². The molecule has 10 nitrogen and oxygen atoms in total. The van der Waals surface area contributed by atoms with Crippen LogP contribution in [0.15, 0.2) is 51.9 Å². The second-order valence-electron chi connectivity index (χ2n) is 8.07. The van der Waals surface area contributed by atoms with Gasteiger partial charge in [-0.1, -0.05) is 36.9 Å². The molecule has 2 N–H and O–H groups in total. The summed E-state index contributed by atoms with van der Waals surface area (Å²) in [4.78, 5) is 44.4. The summed E-state index contributed by atoms with van der Waals surface area (Å²) in [5.74, 6) is -1.82. The number of carbonyl (C=O) groups excluding carboxylic acids is 3. The normalized spacial score (nSPS) is 21.8. The lowest BCUT2D eigenvalue weighted by molar-refractivity contribution is -0.166. The number of hydrogen-bond acceptors (Lipinski definition) is 11. The van der Waals surface area contributed by atoms with E-state index in [0.29, 0.717) is 10.6 Å². The molecule has 190 valence electrons. The summed E-state index contributed by atoms with van der Waals surface area (Å²) in [6.07, 6.45) is -0.154.